The van der Waals surface area contributed by atoms with E-state index in [0.717, 1.165) is 0 Å². The van der Waals surface area contributed by atoms with Crippen molar-refractivity contribution in [3.63, 3.8) is 0 Å². The van der Waals surface area contributed by atoms with Crippen molar-refractivity contribution in [1.82, 2.24) is 4.90 Å². The summed E-state index contributed by atoms with van der Waals surface area (Å²) >= 11 is 0. The number of carboxylic acids is 1. The highest BCUT2D eigenvalue weighted by atomic mass is 16.6. The number of rotatable bonds is 5. The number of nitro groups is 1. The maximum atomic E-state index is 12.5. The van der Waals surface area contributed by atoms with Crippen molar-refractivity contribution in [3.05, 3.63) is 34.4 Å². The number of carbonyl (C=O) groups is 2. The predicted octanol–water partition coefficient (Wildman–Crippen LogP) is 1.74. The largest absolute Gasteiger partial charge is 0.481 e. The highest BCUT2D eigenvalue weighted by Crippen LogP contribution is 2.59. The highest BCUT2D eigenvalue weighted by Gasteiger charge is 2.59. The van der Waals surface area contributed by atoms with Crippen molar-refractivity contribution in [3.8, 4) is 0 Å². The molecule has 1 aliphatic heterocycles. The predicted molar refractivity (Wildman–Crippen MR) is 90.4 cm³/mol. The summed E-state index contributed by atoms with van der Waals surface area (Å²) in [5, 5.41) is 20.2. The summed E-state index contributed by atoms with van der Waals surface area (Å²) in [5.41, 5.74) is 0.257. The van der Waals surface area contributed by atoms with Gasteiger partial charge in [-0.15, -0.1) is 0 Å². The van der Waals surface area contributed by atoms with Crippen molar-refractivity contribution in [2.24, 2.45) is 11.3 Å². The molecule has 1 N–H and O–H groups in total. The molecule has 3 rings (SSSR count). The number of carboxylic acid groups (broad SMARTS) is 1. The quantitative estimate of drug-likeness (QED) is 0.643. The molecule has 0 bridgehead atoms. The Balaban J connectivity index is 1.59. The van der Waals surface area contributed by atoms with Gasteiger partial charge in [0.05, 0.1) is 17.4 Å². The van der Waals surface area contributed by atoms with Gasteiger partial charge in [-0.2, -0.15) is 0 Å². The molecule has 1 aromatic rings. The molecule has 0 radical (unpaired) electrons. The lowest BCUT2D eigenvalue weighted by molar-refractivity contribution is -0.384. The SMILES string of the molecule is CN(CC(=O)N1CCC2(CC1)CC2C(=O)O)c1ccccc1[N+](=O)[O-]. The third kappa shape index (κ3) is 3.29. The summed E-state index contributed by atoms with van der Waals surface area (Å²) in [6, 6.07) is 6.33. The van der Waals surface area contributed by atoms with E-state index in [-0.39, 0.29) is 29.5 Å². The number of amides is 1. The van der Waals surface area contributed by atoms with E-state index in [9.17, 15) is 19.7 Å². The molecule has 0 aromatic heterocycles. The molecule has 1 amide bonds. The second-order valence-corrected chi connectivity index (χ2v) is 6.94. The van der Waals surface area contributed by atoms with Crippen LogP contribution >= 0.6 is 0 Å². The van der Waals surface area contributed by atoms with Crippen LogP contribution in [0.5, 0.6) is 0 Å². The van der Waals surface area contributed by atoms with Crippen LogP contribution in [-0.2, 0) is 9.59 Å². The summed E-state index contributed by atoms with van der Waals surface area (Å²) in [6.07, 6.45) is 2.14. The molecule has 8 heteroatoms. The number of para-hydroxylation sites is 2. The molecule has 1 unspecified atom stereocenters. The first-order valence-corrected chi connectivity index (χ1v) is 8.29. The lowest BCUT2D eigenvalue weighted by Gasteiger charge is -2.33. The minimum atomic E-state index is -0.740. The monoisotopic (exact) mass is 347 g/mol. The fourth-order valence-corrected chi connectivity index (χ4v) is 3.78. The Morgan fingerprint density at radius 3 is 2.56 bits per heavy atom. The van der Waals surface area contributed by atoms with Gasteiger partial charge in [-0.05, 0) is 30.7 Å². The smallest absolute Gasteiger partial charge is 0.307 e. The van der Waals surface area contributed by atoms with Crippen molar-refractivity contribution in [2.45, 2.75) is 19.3 Å². The van der Waals surface area contributed by atoms with Gasteiger partial charge in [-0.3, -0.25) is 19.7 Å². The van der Waals surface area contributed by atoms with E-state index < -0.39 is 10.9 Å². The van der Waals surface area contributed by atoms with Gasteiger partial charge in [-0.1, -0.05) is 12.1 Å². The summed E-state index contributed by atoms with van der Waals surface area (Å²) in [5.74, 6) is -1.10. The molecule has 2 aliphatic rings. The van der Waals surface area contributed by atoms with Crippen molar-refractivity contribution >= 4 is 23.3 Å². The first-order valence-electron chi connectivity index (χ1n) is 8.29. The lowest BCUT2D eigenvalue weighted by atomic mass is 9.91. The Bertz CT molecular complexity index is 712. The Hall–Kier alpha value is -2.64. The number of hydrogen-bond acceptors (Lipinski definition) is 5. The number of likely N-dealkylation sites (N-methyl/N-ethyl adjacent to an activating group) is 1. The van der Waals surface area contributed by atoms with Gasteiger partial charge in [0.25, 0.3) is 5.69 Å². The number of piperidine rings is 1. The molecule has 2 fully saturated rings. The minimum Gasteiger partial charge on any atom is -0.481 e. The van der Waals surface area contributed by atoms with Crippen molar-refractivity contribution in [1.29, 1.82) is 0 Å². The Morgan fingerprint density at radius 2 is 2.00 bits per heavy atom. The summed E-state index contributed by atoms with van der Waals surface area (Å²) in [7, 11) is 1.66. The van der Waals surface area contributed by atoms with E-state index >= 15 is 0 Å². The molecule has 134 valence electrons. The normalized spacial score (nSPS) is 21.0. The number of aliphatic carboxylic acids is 1. The number of nitrogens with zero attached hydrogens (tertiary/aromatic N) is 3. The molecule has 8 nitrogen and oxygen atoms in total. The molecule has 25 heavy (non-hydrogen) atoms. The van der Waals surface area contributed by atoms with Crippen LogP contribution in [0, 0.1) is 21.4 Å². The number of anilines is 1. The van der Waals surface area contributed by atoms with Gasteiger partial charge in [-0.25, -0.2) is 0 Å². The van der Waals surface area contributed by atoms with Crippen LogP contribution in [0.3, 0.4) is 0 Å². The summed E-state index contributed by atoms with van der Waals surface area (Å²) in [4.78, 5) is 37.6. The lowest BCUT2D eigenvalue weighted by Crippen LogP contribution is -2.44. The van der Waals surface area contributed by atoms with Crippen LogP contribution in [0.1, 0.15) is 19.3 Å². The molecule has 1 spiro atoms. The fraction of sp³-hybridized carbons (Fsp3) is 0.529. The zero-order valence-corrected chi connectivity index (χ0v) is 14.1. The molecule has 1 atom stereocenters. The summed E-state index contributed by atoms with van der Waals surface area (Å²) < 4.78 is 0. The Morgan fingerprint density at radius 1 is 1.36 bits per heavy atom. The molecule has 1 aromatic carbocycles. The summed E-state index contributed by atoms with van der Waals surface area (Å²) in [6.45, 7) is 1.15. The van der Waals surface area contributed by atoms with Gasteiger partial charge < -0.3 is 14.9 Å². The van der Waals surface area contributed by atoms with Gasteiger partial charge in [0, 0.05) is 26.2 Å². The number of benzene rings is 1. The second kappa shape index (κ2) is 6.34. The van der Waals surface area contributed by atoms with E-state index in [2.05, 4.69) is 0 Å². The first-order chi connectivity index (χ1) is 11.8. The molecular formula is C17H21N3O5. The second-order valence-electron chi connectivity index (χ2n) is 6.94. The van der Waals surface area contributed by atoms with E-state index in [1.165, 1.54) is 6.07 Å². The number of likely N-dealkylation sites (tertiary alicyclic amines) is 1. The maximum absolute atomic E-state index is 12.5. The average Bonchev–Trinajstić information content (AvgIpc) is 3.29. The molecule has 1 aliphatic carbocycles. The van der Waals surface area contributed by atoms with Crippen molar-refractivity contribution < 1.29 is 19.6 Å². The van der Waals surface area contributed by atoms with Crippen LogP contribution in [0.2, 0.25) is 0 Å². The van der Waals surface area contributed by atoms with Crippen LogP contribution in [-0.4, -0.2) is 53.5 Å². The van der Waals surface area contributed by atoms with E-state index in [1.54, 1.807) is 35.0 Å². The standard InChI is InChI=1S/C17H21N3O5/c1-18(13-4-2-3-5-14(13)20(24)25)11-15(21)19-8-6-17(7-9-19)10-12(17)16(22)23/h2-5,12H,6-11H2,1H3,(H,22,23). The van der Waals surface area contributed by atoms with Gasteiger partial charge in [0.15, 0.2) is 0 Å². The number of nitro benzene ring substituents is 1. The van der Waals surface area contributed by atoms with Crippen molar-refractivity contribution in [2.75, 3.05) is 31.6 Å². The third-order valence-corrected chi connectivity index (χ3v) is 5.46. The van der Waals surface area contributed by atoms with E-state index in [4.69, 9.17) is 5.11 Å². The molecule has 1 heterocycles. The molecule has 1 saturated heterocycles. The van der Waals surface area contributed by atoms with Crippen LogP contribution in [0.15, 0.2) is 24.3 Å². The number of hydrogen-bond donors (Lipinski definition) is 1. The maximum Gasteiger partial charge on any atom is 0.307 e. The van der Waals surface area contributed by atoms with Gasteiger partial charge >= 0.3 is 5.97 Å². The Labute approximate surface area is 145 Å². The van der Waals surface area contributed by atoms with Crippen LogP contribution in [0.25, 0.3) is 0 Å². The molecule has 1 saturated carbocycles. The Kier molecular flexibility index (Phi) is 4.36. The van der Waals surface area contributed by atoms with Crippen LogP contribution in [0.4, 0.5) is 11.4 Å². The van der Waals surface area contributed by atoms with Gasteiger partial charge in [0.2, 0.25) is 5.91 Å². The minimum absolute atomic E-state index is 0.0299. The average molecular weight is 347 g/mol. The van der Waals surface area contributed by atoms with Gasteiger partial charge in [0.1, 0.15) is 5.69 Å². The highest BCUT2D eigenvalue weighted by molar-refractivity contribution is 5.83. The zero-order valence-electron chi connectivity index (χ0n) is 14.1. The third-order valence-electron chi connectivity index (χ3n) is 5.46. The van der Waals surface area contributed by atoms with E-state index in [1.807, 2.05) is 0 Å². The van der Waals surface area contributed by atoms with Crippen LogP contribution < -0.4 is 4.90 Å². The number of carbonyl (C=O) groups excluding carboxylic acids is 1. The first kappa shape index (κ1) is 17.2. The molecular weight excluding hydrogens is 326 g/mol. The fourth-order valence-electron chi connectivity index (χ4n) is 3.78. The topological polar surface area (TPSA) is 104 Å². The van der Waals surface area contributed by atoms with E-state index in [0.29, 0.717) is 38.0 Å². The zero-order chi connectivity index (χ0) is 18.2.